The van der Waals surface area contributed by atoms with Crippen LogP contribution in [0.3, 0.4) is 0 Å². The van der Waals surface area contributed by atoms with E-state index in [-0.39, 0.29) is 35.5 Å². The Balaban J connectivity index is 1.35. The number of oxime groups is 1. The Morgan fingerprint density at radius 1 is 1.14 bits per heavy atom. The molecule has 0 heterocycles. The molecule has 4 N–H and O–H groups in total. The first kappa shape index (κ1) is 32.4. The van der Waals surface area contributed by atoms with E-state index in [0.29, 0.717) is 24.2 Å². The molecule has 4 aliphatic carbocycles. The lowest BCUT2D eigenvalue weighted by atomic mass is 9.46. The maximum absolute atomic E-state index is 12.7. The molecule has 3 saturated carbocycles. The van der Waals surface area contributed by atoms with Crippen LogP contribution in [0.2, 0.25) is 0 Å². The van der Waals surface area contributed by atoms with Crippen molar-refractivity contribution >= 4 is 36.1 Å². The van der Waals surface area contributed by atoms with Crippen LogP contribution in [0.5, 0.6) is 0 Å². The Bertz CT molecular complexity index is 1180. The first-order valence-corrected chi connectivity index (χ1v) is 15.9. The first-order chi connectivity index (χ1) is 19.8. The van der Waals surface area contributed by atoms with Gasteiger partial charge in [-0.2, -0.15) is 12.6 Å². The number of thiol groups is 1. The van der Waals surface area contributed by atoms with Crippen molar-refractivity contribution in [3.8, 4) is 12.3 Å². The molecule has 10 heteroatoms. The molecule has 0 saturated heterocycles. The normalized spacial score (nSPS) is 36.0. The zero-order chi connectivity index (χ0) is 30.9. The number of allylic oxidation sites excluding steroid dienone is 2. The average molecular weight is 602 g/mol. The lowest BCUT2D eigenvalue weighted by Crippen LogP contribution is -2.54. The summed E-state index contributed by atoms with van der Waals surface area (Å²) in [6.07, 6.45) is 15.2. The SMILES string of the molecule is C#C[C@@]1(O)CC[C@@H]2[C@@H]3CCC4=CC(=NOCC(=O)N[C@H](C(=O)N[C@H](CS)CC(=O)O)C(C)C)CC[C@]4(C)[C@H]3CC[C@@]21C. The van der Waals surface area contributed by atoms with E-state index in [1.807, 2.05) is 0 Å². The molecule has 0 unspecified atom stereocenters. The third kappa shape index (κ3) is 6.10. The highest BCUT2D eigenvalue weighted by molar-refractivity contribution is 7.80. The minimum absolute atomic E-state index is 0.0842. The van der Waals surface area contributed by atoms with E-state index < -0.39 is 35.5 Å². The summed E-state index contributed by atoms with van der Waals surface area (Å²) in [5, 5.41) is 29.9. The van der Waals surface area contributed by atoms with E-state index in [9.17, 15) is 19.5 Å². The summed E-state index contributed by atoms with van der Waals surface area (Å²) in [5.74, 6) is 2.30. The van der Waals surface area contributed by atoms with E-state index in [2.05, 4.69) is 54.3 Å². The number of carbonyl (C=O) groups is 3. The molecule has 4 rings (SSSR count). The van der Waals surface area contributed by atoms with Crippen LogP contribution in [-0.4, -0.2) is 63.8 Å². The molecular formula is C32H47N3O6S. The first-order valence-electron chi connectivity index (χ1n) is 15.3. The predicted molar refractivity (Wildman–Crippen MR) is 164 cm³/mol. The van der Waals surface area contributed by atoms with Gasteiger partial charge in [0.1, 0.15) is 11.6 Å². The number of hydrogen-bond acceptors (Lipinski definition) is 7. The fourth-order valence-corrected chi connectivity index (χ4v) is 8.70. The van der Waals surface area contributed by atoms with Crippen molar-refractivity contribution in [2.75, 3.05) is 12.4 Å². The van der Waals surface area contributed by atoms with Crippen molar-refractivity contribution in [2.24, 2.45) is 39.7 Å². The largest absolute Gasteiger partial charge is 0.481 e. The van der Waals surface area contributed by atoms with E-state index in [4.69, 9.17) is 16.4 Å². The fourth-order valence-electron chi connectivity index (χ4n) is 8.48. The van der Waals surface area contributed by atoms with Crippen LogP contribution in [0.15, 0.2) is 16.8 Å². The third-order valence-electron chi connectivity index (χ3n) is 11.0. The number of nitrogens with one attached hydrogen (secondary N) is 2. The van der Waals surface area contributed by atoms with Crippen LogP contribution < -0.4 is 10.6 Å². The Morgan fingerprint density at radius 3 is 2.50 bits per heavy atom. The minimum Gasteiger partial charge on any atom is -0.481 e. The van der Waals surface area contributed by atoms with Crippen molar-refractivity contribution in [2.45, 2.75) is 103 Å². The van der Waals surface area contributed by atoms with Gasteiger partial charge in [-0.3, -0.25) is 14.4 Å². The molecule has 42 heavy (non-hydrogen) atoms. The maximum atomic E-state index is 12.7. The highest BCUT2D eigenvalue weighted by Gasteiger charge is 2.63. The highest BCUT2D eigenvalue weighted by atomic mass is 32.1. The van der Waals surface area contributed by atoms with Gasteiger partial charge in [0, 0.05) is 17.2 Å². The van der Waals surface area contributed by atoms with Gasteiger partial charge in [0.05, 0.1) is 12.1 Å². The molecule has 0 aromatic rings. The number of hydrogen-bond donors (Lipinski definition) is 5. The second kappa shape index (κ2) is 12.6. The molecular weight excluding hydrogens is 554 g/mol. The van der Waals surface area contributed by atoms with Gasteiger partial charge in [-0.1, -0.05) is 44.3 Å². The minimum atomic E-state index is -1.04. The van der Waals surface area contributed by atoms with Crippen LogP contribution in [0.4, 0.5) is 0 Å². The third-order valence-corrected chi connectivity index (χ3v) is 11.4. The van der Waals surface area contributed by atoms with Crippen LogP contribution in [-0.2, 0) is 19.2 Å². The van der Waals surface area contributed by atoms with Gasteiger partial charge in [-0.15, -0.1) is 6.42 Å². The summed E-state index contributed by atoms with van der Waals surface area (Å²) in [7, 11) is 0. The van der Waals surface area contributed by atoms with Crippen molar-refractivity contribution in [1.29, 1.82) is 0 Å². The molecule has 0 aromatic carbocycles. The Morgan fingerprint density at radius 2 is 1.86 bits per heavy atom. The zero-order valence-corrected chi connectivity index (χ0v) is 26.2. The number of carboxylic acids is 1. The lowest BCUT2D eigenvalue weighted by molar-refractivity contribution is -0.138. The van der Waals surface area contributed by atoms with E-state index in [1.54, 1.807) is 13.8 Å². The molecule has 9 nitrogen and oxygen atoms in total. The van der Waals surface area contributed by atoms with Crippen molar-refractivity contribution in [3.63, 3.8) is 0 Å². The van der Waals surface area contributed by atoms with E-state index >= 15 is 0 Å². The van der Waals surface area contributed by atoms with Gasteiger partial charge < -0.3 is 25.7 Å². The van der Waals surface area contributed by atoms with Gasteiger partial charge in [0.15, 0.2) is 6.61 Å². The molecule has 232 valence electrons. The number of fused-ring (bicyclic) bond motifs is 5. The molecule has 0 aromatic heterocycles. The second-order valence-electron chi connectivity index (χ2n) is 13.6. The topological polar surface area (TPSA) is 137 Å². The predicted octanol–water partition coefficient (Wildman–Crippen LogP) is 3.72. The summed E-state index contributed by atoms with van der Waals surface area (Å²) in [6.45, 7) is 7.87. The van der Waals surface area contributed by atoms with Crippen molar-refractivity contribution in [1.82, 2.24) is 10.6 Å². The second-order valence-corrected chi connectivity index (χ2v) is 14.0. The highest BCUT2D eigenvalue weighted by Crippen LogP contribution is 2.67. The average Bonchev–Trinajstić information content (AvgIpc) is 3.21. The number of aliphatic carboxylic acids is 1. The number of aliphatic hydroxyl groups is 1. The smallest absolute Gasteiger partial charge is 0.305 e. The molecule has 3 fully saturated rings. The molecule has 0 radical (unpaired) electrons. The molecule has 4 aliphatic rings. The standard InChI is InChI=1S/C32H47N3O6S/c1-6-32(40)14-11-25-23-8-7-20-15-21(9-12-30(20,4)24(23)10-13-31(25,32)5)35-41-17-26(36)34-28(19(2)3)29(39)33-22(18-42)16-27(37)38/h1,15,19,22-25,28,40,42H,7-14,16-18H2,2-5H3,(H,33,39)(H,34,36)(H,37,38)/t22-,23+,24-,25+,28-,30-,31-,32+/m0/s1. The summed E-state index contributed by atoms with van der Waals surface area (Å²) in [5.41, 5.74) is 1.09. The Hall–Kier alpha value is -2.51. The van der Waals surface area contributed by atoms with Crippen LogP contribution in [0.1, 0.15) is 85.5 Å². The van der Waals surface area contributed by atoms with Gasteiger partial charge in [0.25, 0.3) is 5.91 Å². The number of terminal acetylenes is 1. The zero-order valence-electron chi connectivity index (χ0n) is 25.3. The molecule has 2 amide bonds. The van der Waals surface area contributed by atoms with Crippen molar-refractivity contribution in [3.05, 3.63) is 11.6 Å². The number of carboxylic acid groups (broad SMARTS) is 1. The van der Waals surface area contributed by atoms with Crippen LogP contribution in [0, 0.1) is 46.8 Å². The van der Waals surface area contributed by atoms with E-state index in [1.165, 1.54) is 5.57 Å². The summed E-state index contributed by atoms with van der Waals surface area (Å²) >= 11 is 4.11. The fraction of sp³-hybridized carbons (Fsp3) is 0.750. The monoisotopic (exact) mass is 601 g/mol. The Kier molecular flexibility index (Phi) is 9.73. The molecule has 8 atom stereocenters. The molecule has 0 aliphatic heterocycles. The van der Waals surface area contributed by atoms with E-state index in [0.717, 1.165) is 50.7 Å². The van der Waals surface area contributed by atoms with Crippen molar-refractivity contribution < 1.29 is 29.4 Å². The Labute approximate surface area is 255 Å². The van der Waals surface area contributed by atoms with Crippen LogP contribution >= 0.6 is 12.6 Å². The number of nitrogens with zero attached hydrogens (tertiary/aromatic N) is 1. The number of carbonyl (C=O) groups excluding carboxylic acids is 2. The molecule has 0 bridgehead atoms. The van der Waals surface area contributed by atoms with Gasteiger partial charge >= 0.3 is 5.97 Å². The van der Waals surface area contributed by atoms with Crippen LogP contribution in [0.25, 0.3) is 0 Å². The number of amides is 2. The summed E-state index contributed by atoms with van der Waals surface area (Å²) in [6, 6.07) is -1.48. The summed E-state index contributed by atoms with van der Waals surface area (Å²) < 4.78 is 0. The van der Waals surface area contributed by atoms with Gasteiger partial charge in [0.2, 0.25) is 5.91 Å². The van der Waals surface area contributed by atoms with Gasteiger partial charge in [-0.05, 0) is 86.5 Å². The molecule has 0 spiro atoms. The number of rotatable bonds is 10. The lowest BCUT2D eigenvalue weighted by Gasteiger charge is -2.58. The van der Waals surface area contributed by atoms with Gasteiger partial charge in [-0.25, -0.2) is 0 Å². The maximum Gasteiger partial charge on any atom is 0.305 e. The quantitative estimate of drug-likeness (QED) is 0.147. The summed E-state index contributed by atoms with van der Waals surface area (Å²) in [4.78, 5) is 41.8.